The highest BCUT2D eigenvalue weighted by atomic mass is 79.9. The number of carbonyl (C=O) groups is 1. The van der Waals surface area contributed by atoms with Crippen molar-refractivity contribution < 1.29 is 4.79 Å². The fourth-order valence-corrected chi connectivity index (χ4v) is 2.80. The first-order valence-corrected chi connectivity index (χ1v) is 7.02. The van der Waals surface area contributed by atoms with Crippen LogP contribution in [0.4, 0.5) is 5.82 Å². The third-order valence-corrected chi connectivity index (χ3v) is 3.98. The lowest BCUT2D eigenvalue weighted by molar-refractivity contribution is 0.0946. The number of anilines is 1. The Morgan fingerprint density at radius 2 is 2.33 bits per heavy atom. The molecule has 1 amide bonds. The van der Waals surface area contributed by atoms with Gasteiger partial charge in [0.05, 0.1) is 6.54 Å². The number of hydrogen-bond acceptors (Lipinski definition) is 4. The molecule has 0 atom stereocenters. The van der Waals surface area contributed by atoms with E-state index in [1.165, 1.54) is 0 Å². The van der Waals surface area contributed by atoms with Gasteiger partial charge in [-0.3, -0.25) is 4.79 Å². The maximum atomic E-state index is 11.9. The summed E-state index contributed by atoms with van der Waals surface area (Å²) in [5.41, 5.74) is 0.414. The second-order valence-electron chi connectivity index (χ2n) is 3.57. The van der Waals surface area contributed by atoms with Crippen molar-refractivity contribution in [1.82, 2.24) is 10.3 Å². The van der Waals surface area contributed by atoms with E-state index in [2.05, 4.69) is 31.5 Å². The van der Waals surface area contributed by atoms with Gasteiger partial charge in [0.25, 0.3) is 5.91 Å². The number of amides is 1. The van der Waals surface area contributed by atoms with Gasteiger partial charge in [-0.05, 0) is 34.1 Å². The molecule has 0 aliphatic carbocycles. The van der Waals surface area contributed by atoms with E-state index < -0.39 is 0 Å². The SMILES string of the molecule is CNc1cccc(C(=O)NCc2cc(Br)cs2)n1. The maximum absolute atomic E-state index is 11.9. The smallest absolute Gasteiger partial charge is 0.270 e. The molecule has 0 spiro atoms. The van der Waals surface area contributed by atoms with E-state index in [1.54, 1.807) is 30.5 Å². The number of halogens is 1. The van der Waals surface area contributed by atoms with E-state index >= 15 is 0 Å². The van der Waals surface area contributed by atoms with Crippen LogP contribution < -0.4 is 10.6 Å². The Kier molecular flexibility index (Phi) is 4.33. The fourth-order valence-electron chi connectivity index (χ4n) is 1.40. The summed E-state index contributed by atoms with van der Waals surface area (Å²) < 4.78 is 1.03. The van der Waals surface area contributed by atoms with Gasteiger partial charge in [-0.1, -0.05) is 6.07 Å². The molecular weight excluding hydrogens is 314 g/mol. The molecule has 0 aliphatic heterocycles. The van der Waals surface area contributed by atoms with Gasteiger partial charge < -0.3 is 10.6 Å². The first kappa shape index (κ1) is 13.0. The highest BCUT2D eigenvalue weighted by molar-refractivity contribution is 9.10. The lowest BCUT2D eigenvalue weighted by Gasteiger charge is -2.04. The number of nitrogens with zero attached hydrogens (tertiary/aromatic N) is 1. The summed E-state index contributed by atoms with van der Waals surface area (Å²) in [4.78, 5) is 17.2. The molecule has 4 nitrogen and oxygen atoms in total. The highest BCUT2D eigenvalue weighted by Crippen LogP contribution is 2.19. The van der Waals surface area contributed by atoms with Crippen LogP contribution in [0.3, 0.4) is 0 Å². The first-order valence-electron chi connectivity index (χ1n) is 5.35. The van der Waals surface area contributed by atoms with Crippen molar-refractivity contribution in [3.05, 3.63) is 44.7 Å². The number of hydrogen-bond donors (Lipinski definition) is 2. The third-order valence-electron chi connectivity index (χ3n) is 2.28. The number of nitrogens with one attached hydrogen (secondary N) is 2. The summed E-state index contributed by atoms with van der Waals surface area (Å²) in [6, 6.07) is 7.30. The Bertz CT molecular complexity index is 556. The lowest BCUT2D eigenvalue weighted by Crippen LogP contribution is -2.23. The Balaban J connectivity index is 1.99. The van der Waals surface area contributed by atoms with Crippen LogP contribution in [0.1, 0.15) is 15.4 Å². The molecule has 0 saturated heterocycles. The molecule has 0 unspecified atom stereocenters. The predicted octanol–water partition coefficient (Wildman–Crippen LogP) is 2.88. The van der Waals surface area contributed by atoms with Crippen molar-refractivity contribution in [3.63, 3.8) is 0 Å². The van der Waals surface area contributed by atoms with Crippen LogP contribution in [0.15, 0.2) is 34.1 Å². The van der Waals surface area contributed by atoms with Crippen LogP contribution >= 0.6 is 27.3 Å². The van der Waals surface area contributed by atoms with Crippen LogP contribution in [-0.2, 0) is 6.54 Å². The number of pyridine rings is 1. The van der Waals surface area contributed by atoms with E-state index in [9.17, 15) is 4.79 Å². The van der Waals surface area contributed by atoms with Crippen LogP contribution in [0.5, 0.6) is 0 Å². The van der Waals surface area contributed by atoms with Crippen molar-refractivity contribution >= 4 is 39.0 Å². The van der Waals surface area contributed by atoms with Crippen molar-refractivity contribution in [2.45, 2.75) is 6.54 Å². The van der Waals surface area contributed by atoms with Gasteiger partial charge in [-0.15, -0.1) is 11.3 Å². The monoisotopic (exact) mass is 325 g/mol. The van der Waals surface area contributed by atoms with E-state index in [-0.39, 0.29) is 5.91 Å². The van der Waals surface area contributed by atoms with Crippen LogP contribution in [-0.4, -0.2) is 17.9 Å². The minimum atomic E-state index is -0.170. The number of carbonyl (C=O) groups excluding carboxylic acids is 1. The van der Waals surface area contributed by atoms with Gasteiger partial charge in [0.2, 0.25) is 0 Å². The van der Waals surface area contributed by atoms with Crippen LogP contribution in [0.2, 0.25) is 0 Å². The number of aromatic nitrogens is 1. The molecule has 0 saturated carbocycles. The standard InChI is InChI=1S/C12H12BrN3OS/c1-14-11-4-2-3-10(16-11)12(17)15-6-9-5-8(13)7-18-9/h2-5,7H,6H2,1H3,(H,14,16)(H,15,17). The molecule has 2 rings (SSSR count). The molecule has 2 N–H and O–H groups in total. The van der Waals surface area contributed by atoms with Crippen LogP contribution in [0, 0.1) is 0 Å². The van der Waals surface area contributed by atoms with E-state index in [0.717, 1.165) is 9.35 Å². The average Bonchev–Trinajstić information content (AvgIpc) is 2.82. The van der Waals surface area contributed by atoms with E-state index in [4.69, 9.17) is 0 Å². The molecule has 0 radical (unpaired) electrons. The highest BCUT2D eigenvalue weighted by Gasteiger charge is 2.07. The van der Waals surface area contributed by atoms with Gasteiger partial charge in [0.15, 0.2) is 0 Å². The maximum Gasteiger partial charge on any atom is 0.270 e. The largest absolute Gasteiger partial charge is 0.373 e. The van der Waals surface area contributed by atoms with Gasteiger partial charge >= 0.3 is 0 Å². The molecule has 2 aromatic heterocycles. The molecule has 6 heteroatoms. The van der Waals surface area contributed by atoms with Gasteiger partial charge in [-0.2, -0.15) is 0 Å². The predicted molar refractivity (Wildman–Crippen MR) is 77.0 cm³/mol. The molecule has 2 heterocycles. The van der Waals surface area contributed by atoms with Gasteiger partial charge in [-0.25, -0.2) is 4.98 Å². The molecule has 0 aliphatic rings. The minimum absolute atomic E-state index is 0.170. The zero-order chi connectivity index (χ0) is 13.0. The normalized spacial score (nSPS) is 10.1. The van der Waals surface area contributed by atoms with Crippen LogP contribution in [0.25, 0.3) is 0 Å². The van der Waals surface area contributed by atoms with Crippen molar-refractivity contribution in [3.8, 4) is 0 Å². The third kappa shape index (κ3) is 3.30. The van der Waals surface area contributed by atoms with Crippen molar-refractivity contribution in [2.24, 2.45) is 0 Å². The fraction of sp³-hybridized carbons (Fsp3) is 0.167. The topological polar surface area (TPSA) is 54.0 Å². The van der Waals surface area contributed by atoms with Gasteiger partial charge in [0, 0.05) is 21.8 Å². The minimum Gasteiger partial charge on any atom is -0.373 e. The molecule has 0 bridgehead atoms. The summed E-state index contributed by atoms with van der Waals surface area (Å²) in [6.07, 6.45) is 0. The van der Waals surface area contributed by atoms with Gasteiger partial charge in [0.1, 0.15) is 11.5 Å². The quantitative estimate of drug-likeness (QED) is 0.908. The summed E-state index contributed by atoms with van der Waals surface area (Å²) in [5.74, 6) is 0.512. The average molecular weight is 326 g/mol. The Hall–Kier alpha value is -1.40. The zero-order valence-electron chi connectivity index (χ0n) is 9.74. The van der Waals surface area contributed by atoms with Crippen molar-refractivity contribution in [2.75, 3.05) is 12.4 Å². The second kappa shape index (κ2) is 5.97. The first-order chi connectivity index (χ1) is 8.69. The summed E-state index contributed by atoms with van der Waals surface area (Å²) in [7, 11) is 1.77. The Morgan fingerprint density at radius 1 is 1.50 bits per heavy atom. The molecule has 0 aromatic carbocycles. The zero-order valence-corrected chi connectivity index (χ0v) is 12.1. The van der Waals surface area contributed by atoms with Crippen molar-refractivity contribution in [1.29, 1.82) is 0 Å². The number of rotatable bonds is 4. The summed E-state index contributed by atoms with van der Waals surface area (Å²) >= 11 is 4.98. The van der Waals surface area contributed by atoms with E-state index in [0.29, 0.717) is 18.1 Å². The second-order valence-corrected chi connectivity index (χ2v) is 5.48. The molecule has 18 heavy (non-hydrogen) atoms. The van der Waals surface area contributed by atoms with E-state index in [1.807, 2.05) is 17.5 Å². The molecule has 0 fully saturated rings. The summed E-state index contributed by atoms with van der Waals surface area (Å²) in [5, 5.41) is 7.73. The lowest BCUT2D eigenvalue weighted by atomic mass is 10.3. The molecule has 94 valence electrons. The summed E-state index contributed by atoms with van der Waals surface area (Å²) in [6.45, 7) is 0.514. The number of thiophene rings is 1. The Labute approximate surface area is 118 Å². The Morgan fingerprint density at radius 3 is 3.00 bits per heavy atom. The molecular formula is C12H12BrN3OS. The molecule has 2 aromatic rings.